The van der Waals surface area contributed by atoms with Gasteiger partial charge in [-0.1, -0.05) is 55.3 Å². The monoisotopic (exact) mass is 414 g/mol. The standard InChI is InChI=1S/C26H26N2O3/c1-4-5-13-28-25(30)21-8-6-7-20-23(21)22(26(28)31)14-19(24(20)29)15-27-17(3)18-11-9-16(2)10-12-18/h6-12,14-15,17,27H,4-5,13H2,1-3H3/b19-15-/t17-/m0/s1. The van der Waals surface area contributed by atoms with Gasteiger partial charge in [0.25, 0.3) is 11.1 Å². The van der Waals surface area contributed by atoms with Crippen LogP contribution in [0.15, 0.2) is 62.9 Å². The molecule has 2 aromatic rings. The maximum atomic E-state index is 13.1. The maximum absolute atomic E-state index is 13.1. The van der Waals surface area contributed by atoms with Crippen LogP contribution in [0.25, 0.3) is 28.1 Å². The Labute approximate surface area is 180 Å². The Kier molecular flexibility index (Phi) is 5.59. The first-order valence-electron chi connectivity index (χ1n) is 10.7. The molecule has 1 aliphatic carbocycles. The highest BCUT2D eigenvalue weighted by atomic mass is 16.2. The zero-order chi connectivity index (χ0) is 22.1. The van der Waals surface area contributed by atoms with Crippen LogP contribution in [0.2, 0.25) is 0 Å². The molecule has 4 rings (SSSR count). The highest BCUT2D eigenvalue weighted by Crippen LogP contribution is 2.24. The lowest BCUT2D eigenvalue weighted by Gasteiger charge is -2.15. The minimum atomic E-state index is -0.330. The van der Waals surface area contributed by atoms with Crippen molar-refractivity contribution in [3.63, 3.8) is 0 Å². The van der Waals surface area contributed by atoms with E-state index in [1.807, 2.05) is 20.8 Å². The molecule has 5 nitrogen and oxygen atoms in total. The lowest BCUT2D eigenvalue weighted by molar-refractivity contribution is 0.601. The van der Waals surface area contributed by atoms with Crippen molar-refractivity contribution in [3.05, 3.63) is 95.8 Å². The number of aryl methyl sites for hydroxylation is 1. The highest BCUT2D eigenvalue weighted by Gasteiger charge is 2.21. The van der Waals surface area contributed by atoms with Gasteiger partial charge in [-0.15, -0.1) is 0 Å². The predicted molar refractivity (Wildman–Crippen MR) is 126 cm³/mol. The molecule has 0 unspecified atom stereocenters. The molecule has 0 saturated carbocycles. The minimum Gasteiger partial charge on any atom is -0.384 e. The number of aromatic nitrogens is 1. The Morgan fingerprint density at radius 3 is 2.42 bits per heavy atom. The highest BCUT2D eigenvalue weighted by molar-refractivity contribution is 5.96. The summed E-state index contributed by atoms with van der Waals surface area (Å²) in [6, 6.07) is 14.9. The van der Waals surface area contributed by atoms with Gasteiger partial charge in [-0.3, -0.25) is 19.0 Å². The Morgan fingerprint density at radius 2 is 1.71 bits per heavy atom. The SMILES string of the molecule is CCCCn1c(=O)c2c/c(=C/N[C@@H](C)c3ccc(C)cc3)c(=O)c3cccc(c3-2)c1=O. The fourth-order valence-electron chi connectivity index (χ4n) is 4.00. The second kappa shape index (κ2) is 8.34. The quantitative estimate of drug-likeness (QED) is 0.526. The van der Waals surface area contributed by atoms with Crippen molar-refractivity contribution in [2.75, 3.05) is 0 Å². The molecular weight excluding hydrogens is 388 g/mol. The first-order valence-corrected chi connectivity index (χ1v) is 10.7. The van der Waals surface area contributed by atoms with Crippen LogP contribution in [0, 0.1) is 6.92 Å². The number of hydrogen-bond acceptors (Lipinski definition) is 4. The number of nitrogens with zero attached hydrogens (tertiary/aromatic N) is 1. The second-order valence-corrected chi connectivity index (χ2v) is 8.13. The van der Waals surface area contributed by atoms with Crippen molar-refractivity contribution >= 4 is 17.0 Å². The normalized spacial score (nSPS) is 13.2. The molecule has 1 N–H and O–H groups in total. The fourth-order valence-corrected chi connectivity index (χ4v) is 4.00. The predicted octanol–water partition coefficient (Wildman–Crippen LogP) is 3.18. The second-order valence-electron chi connectivity index (χ2n) is 8.13. The van der Waals surface area contributed by atoms with Crippen LogP contribution in [0.1, 0.15) is 43.9 Å². The van der Waals surface area contributed by atoms with Crippen molar-refractivity contribution in [1.82, 2.24) is 9.88 Å². The average Bonchev–Trinajstić information content (AvgIpc) is 2.77. The summed E-state index contributed by atoms with van der Waals surface area (Å²) in [7, 11) is 0. The molecule has 0 radical (unpaired) electrons. The van der Waals surface area contributed by atoms with E-state index in [4.69, 9.17) is 0 Å². The molecule has 1 aliphatic heterocycles. The van der Waals surface area contributed by atoms with Crippen molar-refractivity contribution in [2.45, 2.75) is 46.2 Å². The summed E-state index contributed by atoms with van der Waals surface area (Å²) in [6.07, 6.45) is 3.31. The fraction of sp³-hybridized carbons (Fsp3) is 0.269. The van der Waals surface area contributed by atoms with Crippen LogP contribution in [0.4, 0.5) is 0 Å². The van der Waals surface area contributed by atoms with Gasteiger partial charge in [0.2, 0.25) is 0 Å². The molecule has 158 valence electrons. The molecule has 0 amide bonds. The molecule has 0 aromatic heterocycles. The van der Waals surface area contributed by atoms with Crippen molar-refractivity contribution < 1.29 is 0 Å². The maximum Gasteiger partial charge on any atom is 0.261 e. The molecule has 31 heavy (non-hydrogen) atoms. The van der Waals surface area contributed by atoms with Gasteiger partial charge in [0, 0.05) is 45.9 Å². The van der Waals surface area contributed by atoms with E-state index in [1.165, 1.54) is 10.1 Å². The van der Waals surface area contributed by atoms with Gasteiger partial charge in [0.05, 0.1) is 0 Å². The smallest absolute Gasteiger partial charge is 0.261 e. The van der Waals surface area contributed by atoms with Crippen molar-refractivity contribution in [3.8, 4) is 11.1 Å². The number of benzene rings is 3. The topological polar surface area (TPSA) is 68.2 Å². The van der Waals surface area contributed by atoms with Crippen LogP contribution in [-0.2, 0) is 6.54 Å². The van der Waals surface area contributed by atoms with Gasteiger partial charge in [-0.25, -0.2) is 0 Å². The van der Waals surface area contributed by atoms with E-state index in [2.05, 4.69) is 29.6 Å². The molecular formula is C26H26N2O3. The third-order valence-corrected chi connectivity index (χ3v) is 5.89. The molecule has 0 bridgehead atoms. The van der Waals surface area contributed by atoms with Gasteiger partial charge in [-0.2, -0.15) is 0 Å². The average molecular weight is 415 g/mol. The molecule has 1 heterocycles. The van der Waals surface area contributed by atoms with Crippen molar-refractivity contribution in [2.24, 2.45) is 0 Å². The number of unbranched alkanes of at least 4 members (excludes halogenated alkanes) is 1. The molecule has 0 spiro atoms. The van der Waals surface area contributed by atoms with Crippen LogP contribution in [0.5, 0.6) is 0 Å². The summed E-state index contributed by atoms with van der Waals surface area (Å²) in [5.74, 6) is 0. The molecule has 2 aliphatic rings. The van der Waals surface area contributed by atoms with Gasteiger partial charge < -0.3 is 5.32 Å². The Balaban J connectivity index is 1.88. The van der Waals surface area contributed by atoms with E-state index >= 15 is 0 Å². The summed E-state index contributed by atoms with van der Waals surface area (Å²) < 4.78 is 1.30. The molecule has 0 fully saturated rings. The van der Waals surface area contributed by atoms with E-state index in [9.17, 15) is 14.4 Å². The first kappa shape index (κ1) is 20.8. The molecule has 5 heteroatoms. The van der Waals surface area contributed by atoms with Crippen LogP contribution < -0.4 is 27.1 Å². The summed E-state index contributed by atoms with van der Waals surface area (Å²) in [4.78, 5) is 39.2. The number of rotatable bonds is 6. The largest absolute Gasteiger partial charge is 0.384 e. The van der Waals surface area contributed by atoms with E-state index in [0.717, 1.165) is 18.4 Å². The minimum absolute atomic E-state index is 0.00304. The molecule has 1 atom stereocenters. The lowest BCUT2D eigenvalue weighted by atomic mass is 9.94. The Morgan fingerprint density at radius 1 is 1.00 bits per heavy atom. The van der Waals surface area contributed by atoms with Crippen LogP contribution >= 0.6 is 0 Å². The Hall–Kier alpha value is -3.47. The molecule has 0 saturated heterocycles. The van der Waals surface area contributed by atoms with E-state index in [0.29, 0.717) is 33.7 Å². The summed E-state index contributed by atoms with van der Waals surface area (Å²) >= 11 is 0. The third kappa shape index (κ3) is 3.72. The zero-order valence-corrected chi connectivity index (χ0v) is 18.1. The summed E-state index contributed by atoms with van der Waals surface area (Å²) in [5, 5.41) is 4.52. The summed E-state index contributed by atoms with van der Waals surface area (Å²) in [5.41, 5.74) is 2.34. The van der Waals surface area contributed by atoms with Crippen LogP contribution in [-0.4, -0.2) is 4.57 Å². The lowest BCUT2D eigenvalue weighted by Crippen LogP contribution is -2.38. The van der Waals surface area contributed by atoms with E-state index in [1.54, 1.807) is 30.5 Å². The Bertz CT molecular complexity index is 1420. The van der Waals surface area contributed by atoms with Gasteiger partial charge in [0.15, 0.2) is 5.43 Å². The first-order chi connectivity index (χ1) is 14.9. The van der Waals surface area contributed by atoms with E-state index in [-0.39, 0.29) is 22.6 Å². The van der Waals surface area contributed by atoms with Crippen molar-refractivity contribution in [1.29, 1.82) is 0 Å². The van der Waals surface area contributed by atoms with Gasteiger partial charge in [-0.05, 0) is 38.0 Å². The number of hydrogen-bond donors (Lipinski definition) is 1. The number of nitrogens with one attached hydrogen (secondary N) is 1. The third-order valence-electron chi connectivity index (χ3n) is 5.89. The molecule has 2 aromatic carbocycles. The van der Waals surface area contributed by atoms with Gasteiger partial charge in [0.1, 0.15) is 0 Å². The number of pyridine rings is 1. The summed E-state index contributed by atoms with van der Waals surface area (Å²) in [6.45, 7) is 6.46. The van der Waals surface area contributed by atoms with E-state index < -0.39 is 0 Å². The van der Waals surface area contributed by atoms with Gasteiger partial charge >= 0.3 is 0 Å². The zero-order valence-electron chi connectivity index (χ0n) is 18.1. The van der Waals surface area contributed by atoms with Crippen LogP contribution in [0.3, 0.4) is 0 Å².